The van der Waals surface area contributed by atoms with E-state index in [1.807, 2.05) is 13.0 Å². The Morgan fingerprint density at radius 3 is 2.76 bits per heavy atom. The molecule has 0 radical (unpaired) electrons. The number of nitro groups is 1. The van der Waals surface area contributed by atoms with Gasteiger partial charge in [-0.25, -0.2) is 0 Å². The molecule has 0 saturated heterocycles. The summed E-state index contributed by atoms with van der Waals surface area (Å²) in [5, 5.41) is 20.1. The quantitative estimate of drug-likeness (QED) is 0.637. The smallest absolute Gasteiger partial charge is 0.322 e. The summed E-state index contributed by atoms with van der Waals surface area (Å²) in [7, 11) is 0. The van der Waals surface area contributed by atoms with Crippen LogP contribution in [0.4, 0.5) is 11.4 Å². The Labute approximate surface area is 144 Å². The third-order valence-corrected chi connectivity index (χ3v) is 4.44. The third kappa shape index (κ3) is 3.47. The van der Waals surface area contributed by atoms with Crippen LogP contribution in [-0.2, 0) is 0 Å². The SMILES string of the molecule is Cc1[nH]nc(C(=O)Nc2cccc(OC3CCCC3)c2C)c1[N+](=O)[O-]. The summed E-state index contributed by atoms with van der Waals surface area (Å²) in [6.45, 7) is 3.35. The average Bonchev–Trinajstić information content (AvgIpc) is 3.20. The second kappa shape index (κ2) is 6.92. The van der Waals surface area contributed by atoms with Crippen molar-refractivity contribution >= 4 is 17.3 Å². The van der Waals surface area contributed by atoms with Crippen LogP contribution in [0.2, 0.25) is 0 Å². The highest BCUT2D eigenvalue weighted by atomic mass is 16.6. The van der Waals surface area contributed by atoms with Crippen molar-refractivity contribution in [3.63, 3.8) is 0 Å². The van der Waals surface area contributed by atoms with Gasteiger partial charge in [-0.05, 0) is 51.7 Å². The summed E-state index contributed by atoms with van der Waals surface area (Å²) < 4.78 is 6.02. The minimum atomic E-state index is -0.628. The number of H-pyrrole nitrogens is 1. The average molecular weight is 344 g/mol. The number of benzene rings is 1. The van der Waals surface area contributed by atoms with Crippen LogP contribution < -0.4 is 10.1 Å². The standard InChI is InChI=1S/C17H20N4O4/c1-10-13(8-5-9-14(10)25-12-6-3-4-7-12)18-17(22)15-16(21(23)24)11(2)19-20-15/h5,8-9,12H,3-4,6-7H2,1-2H3,(H,18,22)(H,19,20). The van der Waals surface area contributed by atoms with Crippen LogP contribution in [-0.4, -0.2) is 27.1 Å². The lowest BCUT2D eigenvalue weighted by molar-refractivity contribution is -0.385. The Hall–Kier alpha value is -2.90. The molecule has 1 heterocycles. The fraction of sp³-hybridized carbons (Fsp3) is 0.412. The zero-order chi connectivity index (χ0) is 18.0. The molecule has 0 bridgehead atoms. The van der Waals surface area contributed by atoms with Crippen molar-refractivity contribution in [3.8, 4) is 5.75 Å². The van der Waals surface area contributed by atoms with E-state index >= 15 is 0 Å². The summed E-state index contributed by atoms with van der Waals surface area (Å²) in [6, 6.07) is 5.39. The van der Waals surface area contributed by atoms with Gasteiger partial charge in [-0.15, -0.1) is 0 Å². The van der Waals surface area contributed by atoms with Gasteiger partial charge in [0.05, 0.1) is 11.0 Å². The van der Waals surface area contributed by atoms with Crippen molar-refractivity contribution in [2.24, 2.45) is 0 Å². The molecule has 3 rings (SSSR count). The molecule has 132 valence electrons. The molecule has 1 saturated carbocycles. The second-order valence-electron chi connectivity index (χ2n) is 6.21. The summed E-state index contributed by atoms with van der Waals surface area (Å²) in [6.07, 6.45) is 4.62. The largest absolute Gasteiger partial charge is 0.490 e. The number of hydrogen-bond acceptors (Lipinski definition) is 5. The Morgan fingerprint density at radius 2 is 2.08 bits per heavy atom. The Kier molecular flexibility index (Phi) is 4.69. The predicted octanol–water partition coefficient (Wildman–Crippen LogP) is 3.51. The number of hydrogen-bond donors (Lipinski definition) is 2. The van der Waals surface area contributed by atoms with E-state index in [0.717, 1.165) is 24.2 Å². The van der Waals surface area contributed by atoms with Crippen molar-refractivity contribution < 1.29 is 14.5 Å². The normalized spacial score (nSPS) is 14.5. The first-order valence-electron chi connectivity index (χ1n) is 8.24. The molecule has 1 aliphatic carbocycles. The van der Waals surface area contributed by atoms with Crippen LogP contribution >= 0.6 is 0 Å². The first-order valence-corrected chi connectivity index (χ1v) is 8.24. The van der Waals surface area contributed by atoms with Gasteiger partial charge in [0.1, 0.15) is 11.4 Å². The number of rotatable bonds is 5. The maximum Gasteiger partial charge on any atom is 0.322 e. The van der Waals surface area contributed by atoms with Crippen LogP contribution in [0.5, 0.6) is 5.75 Å². The molecule has 8 heteroatoms. The Balaban J connectivity index is 1.81. The fourth-order valence-electron chi connectivity index (χ4n) is 3.05. The van der Waals surface area contributed by atoms with Crippen LogP contribution in [0.15, 0.2) is 18.2 Å². The molecule has 1 aromatic heterocycles. The summed E-state index contributed by atoms with van der Waals surface area (Å²) >= 11 is 0. The van der Waals surface area contributed by atoms with Gasteiger partial charge in [-0.1, -0.05) is 6.07 Å². The molecule has 0 unspecified atom stereocenters. The van der Waals surface area contributed by atoms with E-state index in [4.69, 9.17) is 4.74 Å². The number of amides is 1. The molecule has 0 spiro atoms. The number of ether oxygens (including phenoxy) is 1. The predicted molar refractivity (Wildman–Crippen MR) is 92.0 cm³/mol. The van der Waals surface area contributed by atoms with E-state index in [1.165, 1.54) is 19.8 Å². The molecule has 1 amide bonds. The van der Waals surface area contributed by atoms with Crippen LogP contribution in [0.25, 0.3) is 0 Å². The molecule has 1 aliphatic rings. The molecule has 8 nitrogen and oxygen atoms in total. The van der Waals surface area contributed by atoms with E-state index in [-0.39, 0.29) is 23.2 Å². The van der Waals surface area contributed by atoms with Gasteiger partial charge in [-0.3, -0.25) is 20.0 Å². The van der Waals surface area contributed by atoms with Gasteiger partial charge >= 0.3 is 5.69 Å². The van der Waals surface area contributed by atoms with Gasteiger partial charge in [-0.2, -0.15) is 5.10 Å². The lowest BCUT2D eigenvalue weighted by atomic mass is 10.1. The van der Waals surface area contributed by atoms with Crippen molar-refractivity contribution in [1.82, 2.24) is 10.2 Å². The zero-order valence-electron chi connectivity index (χ0n) is 14.2. The minimum Gasteiger partial charge on any atom is -0.490 e. The lowest BCUT2D eigenvalue weighted by Crippen LogP contribution is -2.16. The molecular weight excluding hydrogens is 324 g/mol. The first kappa shape index (κ1) is 16.9. The fourth-order valence-corrected chi connectivity index (χ4v) is 3.05. The highest BCUT2D eigenvalue weighted by Gasteiger charge is 2.27. The van der Waals surface area contributed by atoms with Crippen LogP contribution in [0.1, 0.15) is 47.4 Å². The molecular formula is C17H20N4O4. The molecule has 2 N–H and O–H groups in total. The maximum atomic E-state index is 12.4. The van der Waals surface area contributed by atoms with Crippen LogP contribution in [0, 0.1) is 24.0 Å². The van der Waals surface area contributed by atoms with Crippen molar-refractivity contribution in [3.05, 3.63) is 45.3 Å². The van der Waals surface area contributed by atoms with E-state index < -0.39 is 10.8 Å². The number of nitrogens with one attached hydrogen (secondary N) is 2. The van der Waals surface area contributed by atoms with Gasteiger partial charge < -0.3 is 10.1 Å². The molecule has 25 heavy (non-hydrogen) atoms. The van der Waals surface area contributed by atoms with Crippen molar-refractivity contribution in [2.75, 3.05) is 5.32 Å². The maximum absolute atomic E-state index is 12.4. The highest BCUT2D eigenvalue weighted by Crippen LogP contribution is 2.31. The molecule has 2 aromatic rings. The van der Waals surface area contributed by atoms with Gasteiger partial charge in [0.15, 0.2) is 0 Å². The summed E-state index contributed by atoms with van der Waals surface area (Å²) in [4.78, 5) is 22.9. The Morgan fingerprint density at radius 1 is 1.36 bits per heavy atom. The van der Waals surface area contributed by atoms with Gasteiger partial charge in [0.25, 0.3) is 5.91 Å². The summed E-state index contributed by atoms with van der Waals surface area (Å²) in [5.41, 5.74) is 1.04. The second-order valence-corrected chi connectivity index (χ2v) is 6.21. The minimum absolute atomic E-state index is 0.208. The van der Waals surface area contributed by atoms with Crippen molar-refractivity contribution in [2.45, 2.75) is 45.6 Å². The highest BCUT2D eigenvalue weighted by molar-refractivity contribution is 6.06. The number of aromatic amines is 1. The molecule has 1 aromatic carbocycles. The van der Waals surface area contributed by atoms with E-state index in [0.29, 0.717) is 5.69 Å². The topological polar surface area (TPSA) is 110 Å². The Bertz CT molecular complexity index is 809. The van der Waals surface area contributed by atoms with E-state index in [2.05, 4.69) is 15.5 Å². The number of aryl methyl sites for hydroxylation is 1. The third-order valence-electron chi connectivity index (χ3n) is 4.44. The van der Waals surface area contributed by atoms with Crippen molar-refractivity contribution in [1.29, 1.82) is 0 Å². The lowest BCUT2D eigenvalue weighted by Gasteiger charge is -2.17. The van der Waals surface area contributed by atoms with E-state index in [9.17, 15) is 14.9 Å². The number of aromatic nitrogens is 2. The molecule has 1 fully saturated rings. The first-order chi connectivity index (χ1) is 12.0. The zero-order valence-corrected chi connectivity index (χ0v) is 14.2. The number of carbonyl (C=O) groups is 1. The summed E-state index contributed by atoms with van der Waals surface area (Å²) in [5.74, 6) is 0.0922. The van der Waals surface area contributed by atoms with Gasteiger partial charge in [0.2, 0.25) is 5.69 Å². The molecule has 0 atom stereocenters. The monoisotopic (exact) mass is 344 g/mol. The molecule has 0 aliphatic heterocycles. The number of nitrogens with zero attached hydrogens (tertiary/aromatic N) is 2. The number of carbonyl (C=O) groups excluding carboxylic acids is 1. The number of anilines is 1. The van der Waals surface area contributed by atoms with E-state index in [1.54, 1.807) is 12.1 Å². The van der Waals surface area contributed by atoms with Gasteiger partial charge in [0, 0.05) is 11.3 Å². The van der Waals surface area contributed by atoms with Crippen LogP contribution in [0.3, 0.4) is 0 Å².